The van der Waals surface area contributed by atoms with Crippen molar-refractivity contribution >= 4 is 39.1 Å². The minimum atomic E-state index is -0.549. The second-order valence-corrected chi connectivity index (χ2v) is 4.71. The lowest BCUT2D eigenvalue weighted by molar-refractivity contribution is -0.385. The van der Waals surface area contributed by atoms with Crippen molar-refractivity contribution in [1.29, 1.82) is 0 Å². The number of nitro groups is 1. The van der Waals surface area contributed by atoms with Gasteiger partial charge in [-0.15, -0.1) is 11.6 Å². The van der Waals surface area contributed by atoms with Crippen LogP contribution in [-0.2, 0) is 0 Å². The first-order valence-electron chi connectivity index (χ1n) is 4.76. The zero-order valence-electron chi connectivity index (χ0n) is 8.94. The van der Waals surface area contributed by atoms with Gasteiger partial charge in [0.1, 0.15) is 0 Å². The molecule has 17 heavy (non-hydrogen) atoms. The summed E-state index contributed by atoms with van der Waals surface area (Å²) in [5, 5.41) is 13.3. The van der Waals surface area contributed by atoms with Gasteiger partial charge in [-0.05, 0) is 13.0 Å². The molecule has 0 aromatic heterocycles. The first-order valence-corrected chi connectivity index (χ1v) is 6.08. The molecule has 92 valence electrons. The molecular weight excluding hydrogens is 311 g/mol. The lowest BCUT2D eigenvalue weighted by Crippen LogP contribution is -2.33. The van der Waals surface area contributed by atoms with Crippen LogP contribution < -0.4 is 5.32 Å². The van der Waals surface area contributed by atoms with Crippen molar-refractivity contribution in [1.82, 2.24) is 5.32 Å². The van der Waals surface area contributed by atoms with Crippen LogP contribution in [0.25, 0.3) is 0 Å². The molecule has 0 spiro atoms. The molecule has 0 fully saturated rings. The summed E-state index contributed by atoms with van der Waals surface area (Å²) in [6.45, 7) is 1.75. The average Bonchev–Trinajstić information content (AvgIpc) is 2.27. The summed E-state index contributed by atoms with van der Waals surface area (Å²) in [4.78, 5) is 21.8. The third-order valence-electron chi connectivity index (χ3n) is 1.96. The molecule has 0 radical (unpaired) electrons. The zero-order chi connectivity index (χ0) is 13.0. The summed E-state index contributed by atoms with van der Waals surface area (Å²) >= 11 is 8.69. The fourth-order valence-corrected chi connectivity index (χ4v) is 1.71. The highest BCUT2D eigenvalue weighted by molar-refractivity contribution is 9.10. The molecule has 1 unspecified atom stereocenters. The van der Waals surface area contributed by atoms with Gasteiger partial charge < -0.3 is 5.32 Å². The largest absolute Gasteiger partial charge is 0.348 e. The topological polar surface area (TPSA) is 72.2 Å². The van der Waals surface area contributed by atoms with Crippen molar-refractivity contribution in [2.24, 2.45) is 0 Å². The van der Waals surface area contributed by atoms with Crippen molar-refractivity contribution in [3.8, 4) is 0 Å². The number of nitrogens with zero attached hydrogens (tertiary/aromatic N) is 1. The van der Waals surface area contributed by atoms with Crippen LogP contribution >= 0.6 is 27.5 Å². The van der Waals surface area contributed by atoms with E-state index in [2.05, 4.69) is 21.2 Å². The number of halogens is 2. The first kappa shape index (κ1) is 13.9. The van der Waals surface area contributed by atoms with Gasteiger partial charge in [0.15, 0.2) is 0 Å². The van der Waals surface area contributed by atoms with Crippen molar-refractivity contribution in [3.05, 3.63) is 38.3 Å². The molecule has 5 nitrogen and oxygen atoms in total. The third-order valence-corrected chi connectivity index (χ3v) is 2.89. The van der Waals surface area contributed by atoms with Gasteiger partial charge in [-0.2, -0.15) is 0 Å². The summed E-state index contributed by atoms with van der Waals surface area (Å²) < 4.78 is 0.482. The van der Waals surface area contributed by atoms with E-state index in [0.717, 1.165) is 0 Å². The van der Waals surface area contributed by atoms with Gasteiger partial charge in [-0.1, -0.05) is 15.9 Å². The second kappa shape index (κ2) is 5.97. The lowest BCUT2D eigenvalue weighted by atomic mass is 10.2. The van der Waals surface area contributed by atoms with Crippen LogP contribution in [0, 0.1) is 10.1 Å². The van der Waals surface area contributed by atoms with E-state index in [1.165, 1.54) is 18.2 Å². The molecule has 1 aromatic rings. The molecule has 0 heterocycles. The van der Waals surface area contributed by atoms with Crippen LogP contribution in [0.15, 0.2) is 22.7 Å². The fraction of sp³-hybridized carbons (Fsp3) is 0.300. The predicted octanol–water partition coefficient (Wildman–Crippen LogP) is 2.71. The summed E-state index contributed by atoms with van der Waals surface area (Å²) in [6.07, 6.45) is 0. The van der Waals surface area contributed by atoms with Crippen LogP contribution in [0.2, 0.25) is 0 Å². The number of hydrogen-bond acceptors (Lipinski definition) is 3. The van der Waals surface area contributed by atoms with E-state index in [4.69, 9.17) is 11.6 Å². The molecular formula is C10H10BrClN2O3. The molecule has 0 aliphatic heterocycles. The molecule has 1 amide bonds. The molecule has 0 aliphatic rings. The maximum atomic E-state index is 11.7. The SMILES string of the molecule is CC(CCl)NC(=O)c1cc(Br)cc([N+](=O)[O-])c1. The Balaban J connectivity index is 2.97. The van der Waals surface area contributed by atoms with Gasteiger partial charge in [-0.3, -0.25) is 14.9 Å². The normalized spacial score (nSPS) is 11.9. The predicted molar refractivity (Wildman–Crippen MR) is 68.4 cm³/mol. The smallest absolute Gasteiger partial charge is 0.271 e. The van der Waals surface area contributed by atoms with E-state index >= 15 is 0 Å². The molecule has 0 aliphatic carbocycles. The van der Waals surface area contributed by atoms with Crippen LogP contribution in [-0.4, -0.2) is 22.8 Å². The highest BCUT2D eigenvalue weighted by atomic mass is 79.9. The summed E-state index contributed by atoms with van der Waals surface area (Å²) in [5.41, 5.74) is 0.0890. The van der Waals surface area contributed by atoms with Crippen LogP contribution in [0.5, 0.6) is 0 Å². The Bertz CT molecular complexity index is 453. The molecule has 0 saturated carbocycles. The van der Waals surface area contributed by atoms with Gasteiger partial charge in [0.05, 0.1) is 4.92 Å². The Labute approximate surface area is 111 Å². The van der Waals surface area contributed by atoms with Crippen molar-refractivity contribution in [3.63, 3.8) is 0 Å². The number of amides is 1. The van der Waals surface area contributed by atoms with Crippen LogP contribution in [0.1, 0.15) is 17.3 Å². The minimum absolute atomic E-state index is 0.136. The summed E-state index contributed by atoms with van der Waals surface area (Å²) in [6, 6.07) is 3.88. The number of alkyl halides is 1. The molecule has 1 aromatic carbocycles. The van der Waals surface area contributed by atoms with E-state index in [-0.39, 0.29) is 29.1 Å². The van der Waals surface area contributed by atoms with E-state index in [1.54, 1.807) is 6.92 Å². The Morgan fingerprint density at radius 1 is 1.59 bits per heavy atom. The molecule has 1 rings (SSSR count). The Hall–Kier alpha value is -1.14. The number of hydrogen-bond donors (Lipinski definition) is 1. The first-order chi connectivity index (χ1) is 7.93. The van der Waals surface area contributed by atoms with E-state index in [0.29, 0.717) is 4.47 Å². The third kappa shape index (κ3) is 3.98. The Kier molecular flexibility index (Phi) is 4.89. The highest BCUT2D eigenvalue weighted by Crippen LogP contribution is 2.21. The zero-order valence-corrected chi connectivity index (χ0v) is 11.3. The number of non-ortho nitro benzene ring substituents is 1. The van der Waals surface area contributed by atoms with E-state index < -0.39 is 4.92 Å². The minimum Gasteiger partial charge on any atom is -0.348 e. The number of nitrogens with one attached hydrogen (secondary N) is 1. The fourth-order valence-electron chi connectivity index (χ4n) is 1.16. The molecule has 0 saturated heterocycles. The van der Waals surface area contributed by atoms with Crippen LogP contribution in [0.4, 0.5) is 5.69 Å². The van der Waals surface area contributed by atoms with Crippen molar-refractivity contribution in [2.45, 2.75) is 13.0 Å². The molecule has 0 bridgehead atoms. The standard InChI is InChI=1S/C10H10BrClN2O3/c1-6(5-12)13-10(15)7-2-8(11)4-9(3-7)14(16)17/h2-4,6H,5H2,1H3,(H,13,15). The van der Waals surface area contributed by atoms with Gasteiger partial charge >= 0.3 is 0 Å². The van der Waals surface area contributed by atoms with Crippen molar-refractivity contribution in [2.75, 3.05) is 5.88 Å². The van der Waals surface area contributed by atoms with Crippen LogP contribution in [0.3, 0.4) is 0 Å². The number of carbonyl (C=O) groups excluding carboxylic acids is 1. The quantitative estimate of drug-likeness (QED) is 0.526. The number of nitro benzene ring substituents is 1. The molecule has 1 atom stereocenters. The van der Waals surface area contributed by atoms with Gasteiger partial charge in [0.25, 0.3) is 11.6 Å². The highest BCUT2D eigenvalue weighted by Gasteiger charge is 2.14. The van der Waals surface area contributed by atoms with Crippen molar-refractivity contribution < 1.29 is 9.72 Å². The van der Waals surface area contributed by atoms with Gasteiger partial charge in [-0.25, -0.2) is 0 Å². The van der Waals surface area contributed by atoms with Gasteiger partial charge in [0.2, 0.25) is 0 Å². The number of carbonyl (C=O) groups is 1. The number of rotatable bonds is 4. The average molecular weight is 322 g/mol. The Morgan fingerprint density at radius 3 is 2.76 bits per heavy atom. The number of benzene rings is 1. The van der Waals surface area contributed by atoms with E-state index in [9.17, 15) is 14.9 Å². The molecule has 7 heteroatoms. The Morgan fingerprint density at radius 2 is 2.24 bits per heavy atom. The van der Waals surface area contributed by atoms with E-state index in [1.807, 2.05) is 0 Å². The summed E-state index contributed by atoms with van der Waals surface area (Å²) in [5.74, 6) is -0.107. The molecule has 1 N–H and O–H groups in total. The lowest BCUT2D eigenvalue weighted by Gasteiger charge is -2.10. The van der Waals surface area contributed by atoms with Gasteiger partial charge in [0, 0.05) is 34.1 Å². The monoisotopic (exact) mass is 320 g/mol. The maximum absolute atomic E-state index is 11.7. The summed E-state index contributed by atoms with van der Waals surface area (Å²) in [7, 11) is 0. The maximum Gasteiger partial charge on any atom is 0.271 e. The second-order valence-electron chi connectivity index (χ2n) is 3.48.